The monoisotopic (exact) mass is 385 g/mol. The number of benzene rings is 1. The molecule has 7 nitrogen and oxygen atoms in total. The van der Waals surface area contributed by atoms with Crippen LogP contribution in [0, 0.1) is 13.8 Å². The zero-order chi connectivity index (χ0) is 21.1. The Kier molecular flexibility index (Phi) is 6.17. The minimum Gasteiger partial charge on any atom is -0.444 e. The topological polar surface area (TPSA) is 102 Å². The highest BCUT2D eigenvalue weighted by atomic mass is 16.6. The normalized spacial score (nSPS) is 11.8. The lowest BCUT2D eigenvalue weighted by atomic mass is 10.0. The van der Waals surface area contributed by atoms with Crippen LogP contribution in [0.5, 0.6) is 0 Å². The molecule has 1 amide bonds. The minimum absolute atomic E-state index is 0.193. The summed E-state index contributed by atoms with van der Waals surface area (Å²) >= 11 is 0. The first kappa shape index (κ1) is 21.5. The summed E-state index contributed by atoms with van der Waals surface area (Å²) in [6.45, 7) is 13.9. The van der Waals surface area contributed by atoms with Gasteiger partial charge in [0, 0.05) is 18.2 Å². The zero-order valence-corrected chi connectivity index (χ0v) is 17.8. The number of anilines is 2. The second kappa shape index (κ2) is 8.04. The second-order valence-corrected chi connectivity index (χ2v) is 8.61. The zero-order valence-electron chi connectivity index (χ0n) is 17.8. The van der Waals surface area contributed by atoms with Crippen LogP contribution >= 0.6 is 0 Å². The lowest BCUT2D eigenvalue weighted by Gasteiger charge is -2.29. The van der Waals surface area contributed by atoms with Crippen LogP contribution in [0.3, 0.4) is 0 Å². The molecule has 0 saturated heterocycles. The van der Waals surface area contributed by atoms with E-state index < -0.39 is 17.2 Å². The van der Waals surface area contributed by atoms with Crippen molar-refractivity contribution >= 4 is 17.9 Å². The van der Waals surface area contributed by atoms with Gasteiger partial charge in [0.15, 0.2) is 0 Å². The number of hydrogen-bond acceptors (Lipinski definition) is 6. The fourth-order valence-electron chi connectivity index (χ4n) is 2.66. The molecule has 0 aliphatic rings. The van der Waals surface area contributed by atoms with Gasteiger partial charge in [0.1, 0.15) is 11.4 Å². The van der Waals surface area contributed by atoms with Crippen LogP contribution in [0.1, 0.15) is 45.7 Å². The number of nitrogens with two attached hydrogens (primary N) is 1. The molecular weight excluding hydrogens is 354 g/mol. The van der Waals surface area contributed by atoms with Crippen molar-refractivity contribution in [2.24, 2.45) is 0 Å². The van der Waals surface area contributed by atoms with Gasteiger partial charge in [0.25, 0.3) is 0 Å². The largest absolute Gasteiger partial charge is 0.444 e. The third-order valence-electron chi connectivity index (χ3n) is 4.17. The number of nitrogens with one attached hydrogen (secondary N) is 2. The molecule has 0 bridgehead atoms. The molecule has 7 heteroatoms. The van der Waals surface area contributed by atoms with Gasteiger partial charge in [-0.3, -0.25) is 0 Å². The van der Waals surface area contributed by atoms with Gasteiger partial charge in [0.2, 0.25) is 5.95 Å². The third-order valence-corrected chi connectivity index (χ3v) is 4.17. The van der Waals surface area contributed by atoms with Crippen molar-refractivity contribution in [3.05, 3.63) is 35.4 Å². The molecule has 0 atom stereocenters. The summed E-state index contributed by atoms with van der Waals surface area (Å²) in [5, 5.41) is 6.10. The van der Waals surface area contributed by atoms with E-state index in [1.807, 2.05) is 52.8 Å². The number of amides is 1. The van der Waals surface area contributed by atoms with E-state index in [1.54, 1.807) is 0 Å². The average molecular weight is 386 g/mol. The van der Waals surface area contributed by atoms with Crippen molar-refractivity contribution < 1.29 is 9.53 Å². The van der Waals surface area contributed by atoms with E-state index in [-0.39, 0.29) is 5.95 Å². The van der Waals surface area contributed by atoms with E-state index in [0.717, 1.165) is 16.8 Å². The van der Waals surface area contributed by atoms with Gasteiger partial charge >= 0.3 is 6.09 Å². The summed E-state index contributed by atoms with van der Waals surface area (Å²) in [7, 11) is 0. The quantitative estimate of drug-likeness (QED) is 0.717. The molecule has 152 valence electrons. The highest BCUT2D eigenvalue weighted by molar-refractivity contribution is 5.69. The van der Waals surface area contributed by atoms with Gasteiger partial charge in [-0.1, -0.05) is 18.2 Å². The molecule has 2 rings (SSSR count). The number of ether oxygens (including phenoxy) is 1. The molecule has 0 aliphatic carbocycles. The van der Waals surface area contributed by atoms with Gasteiger partial charge in [-0.05, 0) is 59.6 Å². The Labute approximate surface area is 167 Å². The number of aryl methyl sites for hydroxylation is 1. The van der Waals surface area contributed by atoms with Gasteiger partial charge in [-0.25, -0.2) is 9.78 Å². The summed E-state index contributed by atoms with van der Waals surface area (Å²) < 4.78 is 5.32. The standard InChI is InChI=1S/C21H31N5O2/c1-13-9-8-10-15(14(13)2)16-11-17(25-18(22)24-16)23-12-21(6,7)26-19(27)28-20(3,4)5/h8-11H,12H2,1-7H3,(H,26,27)(H3,22,23,24,25). The highest BCUT2D eigenvalue weighted by Gasteiger charge is 2.24. The van der Waals surface area contributed by atoms with E-state index in [0.29, 0.717) is 12.4 Å². The summed E-state index contributed by atoms with van der Waals surface area (Å²) in [6, 6.07) is 7.94. The summed E-state index contributed by atoms with van der Waals surface area (Å²) in [4.78, 5) is 20.7. The lowest BCUT2D eigenvalue weighted by Crippen LogP contribution is -2.50. The predicted molar refractivity (Wildman–Crippen MR) is 113 cm³/mol. The second-order valence-electron chi connectivity index (χ2n) is 8.61. The van der Waals surface area contributed by atoms with Crippen LogP contribution in [-0.2, 0) is 4.74 Å². The summed E-state index contributed by atoms with van der Waals surface area (Å²) in [5.74, 6) is 0.793. The Balaban J connectivity index is 2.13. The van der Waals surface area contributed by atoms with Crippen molar-refractivity contribution in [1.82, 2.24) is 15.3 Å². The molecule has 28 heavy (non-hydrogen) atoms. The van der Waals surface area contributed by atoms with Crippen molar-refractivity contribution in [1.29, 1.82) is 0 Å². The average Bonchev–Trinajstić information content (AvgIpc) is 2.53. The molecule has 0 radical (unpaired) electrons. The maximum Gasteiger partial charge on any atom is 0.408 e. The Morgan fingerprint density at radius 1 is 1.14 bits per heavy atom. The maximum absolute atomic E-state index is 12.0. The maximum atomic E-state index is 12.0. The van der Waals surface area contributed by atoms with Crippen LogP contribution in [-0.4, -0.2) is 33.7 Å². The van der Waals surface area contributed by atoms with Crippen LogP contribution < -0.4 is 16.4 Å². The predicted octanol–water partition coefficient (Wildman–Crippen LogP) is 4.06. The molecule has 0 aliphatic heterocycles. The molecule has 1 aromatic carbocycles. The lowest BCUT2D eigenvalue weighted by molar-refractivity contribution is 0.0478. The highest BCUT2D eigenvalue weighted by Crippen LogP contribution is 2.26. The smallest absolute Gasteiger partial charge is 0.408 e. The van der Waals surface area contributed by atoms with Gasteiger partial charge < -0.3 is 21.1 Å². The fraction of sp³-hybridized carbons (Fsp3) is 0.476. The number of nitrogen functional groups attached to an aromatic ring is 1. The van der Waals surface area contributed by atoms with E-state index in [4.69, 9.17) is 10.5 Å². The van der Waals surface area contributed by atoms with E-state index in [2.05, 4.69) is 40.5 Å². The Hall–Kier alpha value is -2.83. The number of rotatable bonds is 5. The number of carbonyl (C=O) groups is 1. The van der Waals surface area contributed by atoms with Crippen LogP contribution in [0.15, 0.2) is 24.3 Å². The Bertz CT molecular complexity index is 856. The molecule has 0 spiro atoms. The van der Waals surface area contributed by atoms with E-state index in [1.165, 1.54) is 5.56 Å². The number of hydrogen-bond donors (Lipinski definition) is 3. The number of nitrogens with zero attached hydrogens (tertiary/aromatic N) is 2. The molecule has 2 aromatic rings. The molecule has 1 aromatic heterocycles. The van der Waals surface area contributed by atoms with Crippen LogP contribution in [0.2, 0.25) is 0 Å². The van der Waals surface area contributed by atoms with Gasteiger partial charge in [-0.2, -0.15) is 4.98 Å². The van der Waals surface area contributed by atoms with Crippen molar-refractivity contribution in [3.63, 3.8) is 0 Å². The number of aromatic nitrogens is 2. The molecular formula is C21H31N5O2. The van der Waals surface area contributed by atoms with Crippen LogP contribution in [0.4, 0.5) is 16.6 Å². The fourth-order valence-corrected chi connectivity index (χ4v) is 2.66. The first-order valence-electron chi connectivity index (χ1n) is 9.32. The molecule has 0 fully saturated rings. The first-order chi connectivity index (χ1) is 12.9. The molecule has 4 N–H and O–H groups in total. The summed E-state index contributed by atoms with van der Waals surface area (Å²) in [5.41, 5.74) is 8.94. The Morgan fingerprint density at radius 2 is 1.82 bits per heavy atom. The summed E-state index contributed by atoms with van der Waals surface area (Å²) in [6.07, 6.45) is -0.461. The van der Waals surface area contributed by atoms with Crippen molar-refractivity contribution in [2.75, 3.05) is 17.6 Å². The third kappa shape index (κ3) is 6.11. The Morgan fingerprint density at radius 3 is 2.46 bits per heavy atom. The van der Waals surface area contributed by atoms with E-state index >= 15 is 0 Å². The van der Waals surface area contributed by atoms with Gasteiger partial charge in [0.05, 0.1) is 11.2 Å². The number of carbonyl (C=O) groups excluding carboxylic acids is 1. The van der Waals surface area contributed by atoms with Crippen molar-refractivity contribution in [3.8, 4) is 11.3 Å². The SMILES string of the molecule is Cc1cccc(-c2cc(NCC(C)(C)NC(=O)OC(C)(C)C)nc(N)n2)c1C. The van der Waals surface area contributed by atoms with Crippen LogP contribution in [0.25, 0.3) is 11.3 Å². The molecule has 1 heterocycles. The van der Waals surface area contributed by atoms with Crippen molar-refractivity contribution in [2.45, 2.75) is 59.6 Å². The molecule has 0 unspecified atom stereocenters. The van der Waals surface area contributed by atoms with Gasteiger partial charge in [-0.15, -0.1) is 0 Å². The number of alkyl carbamates (subject to hydrolysis) is 1. The first-order valence-corrected chi connectivity index (χ1v) is 9.32. The molecule has 0 saturated carbocycles. The van der Waals surface area contributed by atoms with E-state index in [9.17, 15) is 4.79 Å². The minimum atomic E-state index is -0.554.